The van der Waals surface area contributed by atoms with Crippen LogP contribution in [-0.2, 0) is 12.8 Å². The maximum Gasteiger partial charge on any atom is 0.0944 e. The van der Waals surface area contributed by atoms with E-state index in [1.165, 1.54) is 17.5 Å². The average Bonchev–Trinajstić information content (AvgIpc) is 2.72. The summed E-state index contributed by atoms with van der Waals surface area (Å²) in [4.78, 5) is 0. The van der Waals surface area contributed by atoms with Gasteiger partial charge in [-0.25, -0.2) is 0 Å². The summed E-state index contributed by atoms with van der Waals surface area (Å²) in [6.45, 7) is 14.8. The van der Waals surface area contributed by atoms with Crippen LogP contribution in [-0.4, -0.2) is 0 Å². The zero-order valence-electron chi connectivity index (χ0n) is 20.9. The molecular weight excluding hydrogens is 388 g/mol. The maximum atomic E-state index is 8.73. The highest BCUT2D eigenvalue weighted by molar-refractivity contribution is 5.57. The molecule has 0 fully saturated rings. The van der Waals surface area contributed by atoms with E-state index >= 15 is 0 Å². The molecule has 0 unspecified atom stereocenters. The van der Waals surface area contributed by atoms with Crippen molar-refractivity contribution in [3.05, 3.63) is 81.9 Å². The summed E-state index contributed by atoms with van der Waals surface area (Å²) in [5, 5.41) is 17.5. The lowest BCUT2D eigenvalue weighted by molar-refractivity contribution is 0.411. The molecule has 2 rings (SSSR count). The van der Waals surface area contributed by atoms with Gasteiger partial charge in [0.1, 0.15) is 0 Å². The number of benzene rings is 2. The molecule has 0 N–H and O–H groups in total. The Kier molecular flexibility index (Phi) is 11.2. The van der Waals surface area contributed by atoms with Crippen LogP contribution in [0.2, 0.25) is 0 Å². The largest absolute Gasteiger partial charge is 0.193 e. The number of nitriles is 2. The molecule has 0 amide bonds. The van der Waals surface area contributed by atoms with Crippen LogP contribution in [0.15, 0.2) is 59.7 Å². The molecule has 0 spiro atoms. The van der Waals surface area contributed by atoms with Gasteiger partial charge in [-0.05, 0) is 78.8 Å². The van der Waals surface area contributed by atoms with Crippen molar-refractivity contribution in [3.8, 4) is 12.1 Å². The molecule has 0 atom stereocenters. The minimum atomic E-state index is 0.298. The summed E-state index contributed by atoms with van der Waals surface area (Å²) >= 11 is 0. The van der Waals surface area contributed by atoms with Crippen LogP contribution in [0.1, 0.15) is 77.1 Å². The zero-order valence-corrected chi connectivity index (χ0v) is 20.9. The molecule has 0 bridgehead atoms. The van der Waals surface area contributed by atoms with E-state index in [1.807, 2.05) is 38.1 Å². The van der Waals surface area contributed by atoms with Gasteiger partial charge in [0.2, 0.25) is 0 Å². The van der Waals surface area contributed by atoms with Crippen LogP contribution >= 0.6 is 0 Å². The first-order valence-electron chi connectivity index (χ1n) is 11.4. The number of nitrogens with zero attached hydrogens (tertiary/aromatic N) is 2. The summed E-state index contributed by atoms with van der Waals surface area (Å²) in [5.74, 6) is 0.736. The van der Waals surface area contributed by atoms with Gasteiger partial charge in [0.25, 0.3) is 0 Å². The highest BCUT2D eigenvalue weighted by Gasteiger charge is 2.11. The molecule has 0 heterocycles. The first kappa shape index (κ1) is 26.9. The third kappa shape index (κ3) is 11.9. The van der Waals surface area contributed by atoms with Gasteiger partial charge < -0.3 is 0 Å². The Morgan fingerprint density at radius 3 is 1.75 bits per heavy atom. The minimum Gasteiger partial charge on any atom is -0.193 e. The molecule has 32 heavy (non-hydrogen) atoms. The van der Waals surface area contributed by atoms with Gasteiger partial charge in [-0.3, -0.25) is 0 Å². The van der Waals surface area contributed by atoms with Crippen molar-refractivity contribution in [2.75, 3.05) is 0 Å². The summed E-state index contributed by atoms with van der Waals surface area (Å²) in [6.07, 6.45) is 7.24. The average molecular weight is 427 g/mol. The van der Waals surface area contributed by atoms with Crippen molar-refractivity contribution in [2.45, 2.75) is 67.7 Å². The van der Waals surface area contributed by atoms with E-state index in [0.29, 0.717) is 5.41 Å². The molecule has 2 aromatic carbocycles. The zero-order chi connectivity index (χ0) is 24.1. The molecule has 0 aliphatic carbocycles. The van der Waals surface area contributed by atoms with Gasteiger partial charge >= 0.3 is 0 Å². The van der Waals surface area contributed by atoms with Crippen molar-refractivity contribution in [2.24, 2.45) is 11.3 Å². The Morgan fingerprint density at radius 1 is 0.844 bits per heavy atom. The molecule has 0 aliphatic heterocycles. The Bertz CT molecular complexity index is 1000. The smallest absolute Gasteiger partial charge is 0.0944 e. The molecule has 0 aliphatic rings. The van der Waals surface area contributed by atoms with Gasteiger partial charge in [0.15, 0.2) is 0 Å². The summed E-state index contributed by atoms with van der Waals surface area (Å²) in [5.41, 5.74) is 6.71. The highest BCUT2D eigenvalue weighted by atomic mass is 14.2. The number of allylic oxidation sites excluding steroid dienone is 2. The van der Waals surface area contributed by atoms with E-state index in [9.17, 15) is 0 Å². The fraction of sp³-hybridized carbons (Fsp3) is 0.400. The van der Waals surface area contributed by atoms with Crippen molar-refractivity contribution in [3.63, 3.8) is 0 Å². The quantitative estimate of drug-likeness (QED) is 0.435. The van der Waals surface area contributed by atoms with Crippen LogP contribution in [0.25, 0.3) is 12.2 Å². The summed E-state index contributed by atoms with van der Waals surface area (Å²) in [6, 6.07) is 21.1. The lowest BCUT2D eigenvalue weighted by Gasteiger charge is -2.18. The van der Waals surface area contributed by atoms with Gasteiger partial charge in [0, 0.05) is 11.1 Å². The van der Waals surface area contributed by atoms with Gasteiger partial charge in [-0.15, -0.1) is 0 Å². The number of rotatable bonds is 6. The third-order valence-corrected chi connectivity index (χ3v) is 4.77. The van der Waals surface area contributed by atoms with Crippen LogP contribution in [0, 0.1) is 34.0 Å². The summed E-state index contributed by atoms with van der Waals surface area (Å²) < 4.78 is 0. The topological polar surface area (TPSA) is 47.6 Å². The molecular formula is C30H38N2. The first-order valence-corrected chi connectivity index (χ1v) is 11.4. The third-order valence-electron chi connectivity index (χ3n) is 4.77. The predicted octanol–water partition coefficient (Wildman–Crippen LogP) is 8.40. The molecule has 2 aromatic rings. The summed E-state index contributed by atoms with van der Waals surface area (Å²) in [7, 11) is 0. The maximum absolute atomic E-state index is 8.73. The lowest BCUT2D eigenvalue weighted by atomic mass is 9.87. The Hall–Kier alpha value is -3.10. The Labute approximate surface area is 195 Å². The van der Waals surface area contributed by atoms with Crippen molar-refractivity contribution >= 4 is 12.2 Å². The standard InChI is InChI=1S/2C15H19N/c1-12(11-16)8-13-6-5-7-14(9-13)10-15(2,3)4;1-12(2)7-8-14-5-4-6-15(10-14)9-13(3)11-16/h5-9H,10H2,1-4H3;4-6,9-10,12H,7-8H2,1-3H3. The van der Waals surface area contributed by atoms with Crippen LogP contribution in [0.5, 0.6) is 0 Å². The fourth-order valence-electron chi connectivity index (χ4n) is 3.26. The fourth-order valence-corrected chi connectivity index (χ4v) is 3.26. The van der Waals surface area contributed by atoms with E-state index in [1.54, 1.807) is 0 Å². The van der Waals surface area contributed by atoms with Gasteiger partial charge in [0.05, 0.1) is 12.1 Å². The second kappa shape index (κ2) is 13.3. The molecule has 0 aromatic heterocycles. The molecule has 2 nitrogen and oxygen atoms in total. The first-order chi connectivity index (χ1) is 15.0. The van der Waals surface area contributed by atoms with Crippen molar-refractivity contribution in [1.29, 1.82) is 10.5 Å². The van der Waals surface area contributed by atoms with Gasteiger partial charge in [-0.1, -0.05) is 83.1 Å². The van der Waals surface area contributed by atoms with E-state index < -0.39 is 0 Å². The number of aryl methyl sites for hydroxylation is 1. The molecule has 2 heteroatoms. The molecule has 0 radical (unpaired) electrons. The van der Waals surface area contributed by atoms with Crippen LogP contribution in [0.3, 0.4) is 0 Å². The van der Waals surface area contributed by atoms with Crippen molar-refractivity contribution < 1.29 is 0 Å². The Balaban J connectivity index is 0.000000320. The second-order valence-electron chi connectivity index (χ2n) is 10.0. The highest BCUT2D eigenvalue weighted by Crippen LogP contribution is 2.21. The normalized spacial score (nSPS) is 11.9. The predicted molar refractivity (Wildman–Crippen MR) is 138 cm³/mol. The monoisotopic (exact) mass is 426 g/mol. The van der Waals surface area contributed by atoms with Crippen molar-refractivity contribution in [1.82, 2.24) is 0 Å². The minimum absolute atomic E-state index is 0.298. The van der Waals surface area contributed by atoms with E-state index in [2.05, 4.69) is 83.2 Å². The molecule has 168 valence electrons. The van der Waals surface area contributed by atoms with Gasteiger partial charge in [-0.2, -0.15) is 10.5 Å². The lowest BCUT2D eigenvalue weighted by Crippen LogP contribution is -2.08. The molecule has 0 saturated heterocycles. The SMILES string of the molecule is CC(C#N)=Cc1cccc(CC(C)(C)C)c1.CC(C#N)=Cc1cccc(CCC(C)C)c1. The van der Waals surface area contributed by atoms with E-state index in [0.717, 1.165) is 41.0 Å². The van der Waals surface area contributed by atoms with E-state index in [-0.39, 0.29) is 0 Å². The Morgan fingerprint density at radius 2 is 1.31 bits per heavy atom. The number of hydrogen-bond acceptors (Lipinski definition) is 2. The second-order valence-corrected chi connectivity index (χ2v) is 10.0. The molecule has 0 saturated carbocycles. The van der Waals surface area contributed by atoms with E-state index in [4.69, 9.17) is 10.5 Å². The van der Waals surface area contributed by atoms with Crippen LogP contribution in [0.4, 0.5) is 0 Å². The number of hydrogen-bond donors (Lipinski definition) is 0. The van der Waals surface area contributed by atoms with Crippen LogP contribution < -0.4 is 0 Å².